The van der Waals surface area contributed by atoms with Crippen LogP contribution in [-0.2, 0) is 9.53 Å². The Hall–Kier alpha value is -2.53. The number of hydrogen-bond donors (Lipinski definition) is 1. The highest BCUT2D eigenvalue weighted by Crippen LogP contribution is 2.20. The molecule has 5 nitrogen and oxygen atoms in total. The number of ether oxygens (including phenoxy) is 1. The van der Waals surface area contributed by atoms with Gasteiger partial charge in [-0.2, -0.15) is 0 Å². The van der Waals surface area contributed by atoms with Gasteiger partial charge in [0.15, 0.2) is 6.61 Å². The molecule has 0 saturated heterocycles. The Bertz CT molecular complexity index is 760. The van der Waals surface area contributed by atoms with Gasteiger partial charge in [0.2, 0.25) is 0 Å². The van der Waals surface area contributed by atoms with Crippen LogP contribution in [0.25, 0.3) is 0 Å². The van der Waals surface area contributed by atoms with Crippen LogP contribution in [0.5, 0.6) is 0 Å². The van der Waals surface area contributed by atoms with Gasteiger partial charge in [0.25, 0.3) is 5.91 Å². The first-order chi connectivity index (χ1) is 11.4. The predicted octanol–water partition coefficient (Wildman–Crippen LogP) is 3.51. The highest BCUT2D eigenvalue weighted by Gasteiger charge is 2.11. The number of amides is 1. The molecule has 0 spiro atoms. The molecule has 0 aliphatic carbocycles. The SMILES string of the molecule is Cc1ccc(NC(=O)COC(=O)c2cccc(N(C)C)c2)cc1Cl. The van der Waals surface area contributed by atoms with Gasteiger partial charge >= 0.3 is 5.97 Å². The van der Waals surface area contributed by atoms with Gasteiger partial charge in [-0.25, -0.2) is 4.79 Å². The topological polar surface area (TPSA) is 58.6 Å². The second-order valence-corrected chi connectivity index (χ2v) is 5.94. The largest absolute Gasteiger partial charge is 0.452 e. The minimum atomic E-state index is -0.546. The number of nitrogens with zero attached hydrogens (tertiary/aromatic N) is 1. The number of hydrogen-bond acceptors (Lipinski definition) is 4. The normalized spacial score (nSPS) is 10.2. The molecule has 1 N–H and O–H groups in total. The van der Waals surface area contributed by atoms with E-state index >= 15 is 0 Å². The minimum absolute atomic E-state index is 0.365. The maximum absolute atomic E-state index is 12.0. The fraction of sp³-hybridized carbons (Fsp3) is 0.222. The van der Waals surface area contributed by atoms with Crippen molar-refractivity contribution < 1.29 is 14.3 Å². The third-order valence-corrected chi connectivity index (χ3v) is 3.80. The lowest BCUT2D eigenvalue weighted by Gasteiger charge is -2.13. The van der Waals surface area contributed by atoms with E-state index in [2.05, 4.69) is 5.32 Å². The quantitative estimate of drug-likeness (QED) is 0.842. The van der Waals surface area contributed by atoms with Crippen molar-refractivity contribution in [1.82, 2.24) is 0 Å². The van der Waals surface area contributed by atoms with E-state index in [1.54, 1.807) is 36.4 Å². The third kappa shape index (κ3) is 4.73. The molecule has 0 atom stereocenters. The molecular weight excluding hydrogens is 328 g/mol. The second-order valence-electron chi connectivity index (χ2n) is 5.53. The van der Waals surface area contributed by atoms with Crippen molar-refractivity contribution in [1.29, 1.82) is 0 Å². The summed E-state index contributed by atoms with van der Waals surface area (Å²) < 4.78 is 5.05. The molecule has 126 valence electrons. The van der Waals surface area contributed by atoms with Crippen LogP contribution in [-0.4, -0.2) is 32.6 Å². The molecule has 0 aliphatic rings. The molecule has 6 heteroatoms. The molecule has 0 bridgehead atoms. The van der Waals surface area contributed by atoms with E-state index in [1.165, 1.54) is 0 Å². The van der Waals surface area contributed by atoms with E-state index < -0.39 is 11.9 Å². The van der Waals surface area contributed by atoms with E-state index in [0.717, 1.165) is 11.3 Å². The first-order valence-corrected chi connectivity index (χ1v) is 7.75. The van der Waals surface area contributed by atoms with E-state index in [1.807, 2.05) is 32.0 Å². The fourth-order valence-electron chi connectivity index (χ4n) is 1.99. The number of rotatable bonds is 5. The maximum Gasteiger partial charge on any atom is 0.338 e. The van der Waals surface area contributed by atoms with Crippen molar-refractivity contribution in [2.45, 2.75) is 6.92 Å². The lowest BCUT2D eigenvalue weighted by Crippen LogP contribution is -2.21. The van der Waals surface area contributed by atoms with E-state index in [-0.39, 0.29) is 6.61 Å². The summed E-state index contributed by atoms with van der Waals surface area (Å²) in [7, 11) is 3.76. The monoisotopic (exact) mass is 346 g/mol. The van der Waals surface area contributed by atoms with Gasteiger partial charge in [-0.3, -0.25) is 4.79 Å². The molecule has 2 aromatic carbocycles. The summed E-state index contributed by atoms with van der Waals surface area (Å²) in [6.45, 7) is 1.51. The van der Waals surface area contributed by atoms with Crippen LogP contribution in [0.15, 0.2) is 42.5 Å². The lowest BCUT2D eigenvalue weighted by atomic mass is 10.2. The molecule has 2 rings (SSSR count). The molecule has 24 heavy (non-hydrogen) atoms. The first-order valence-electron chi connectivity index (χ1n) is 7.37. The number of carbonyl (C=O) groups is 2. The Morgan fingerprint density at radius 1 is 1.17 bits per heavy atom. The van der Waals surface area contributed by atoms with Gasteiger partial charge in [-0.15, -0.1) is 0 Å². The average molecular weight is 347 g/mol. The summed E-state index contributed by atoms with van der Waals surface area (Å²) in [5.41, 5.74) is 2.75. The Labute approximate surface area is 146 Å². The van der Waals surface area contributed by atoms with Gasteiger partial charge in [-0.05, 0) is 42.8 Å². The highest BCUT2D eigenvalue weighted by molar-refractivity contribution is 6.31. The number of benzene rings is 2. The number of nitrogens with one attached hydrogen (secondary N) is 1. The van der Waals surface area contributed by atoms with Crippen LogP contribution in [0, 0.1) is 6.92 Å². The zero-order chi connectivity index (χ0) is 17.7. The lowest BCUT2D eigenvalue weighted by molar-refractivity contribution is -0.119. The van der Waals surface area contributed by atoms with Crippen molar-refractivity contribution in [3.05, 3.63) is 58.6 Å². The van der Waals surface area contributed by atoms with Gasteiger partial charge in [-0.1, -0.05) is 23.7 Å². The van der Waals surface area contributed by atoms with Crippen molar-refractivity contribution in [3.8, 4) is 0 Å². The summed E-state index contributed by atoms with van der Waals surface area (Å²) in [6.07, 6.45) is 0. The molecule has 0 aromatic heterocycles. The van der Waals surface area contributed by atoms with Gasteiger partial charge in [0, 0.05) is 30.5 Å². The molecule has 0 unspecified atom stereocenters. The smallest absolute Gasteiger partial charge is 0.338 e. The maximum atomic E-state index is 12.0. The zero-order valence-electron chi connectivity index (χ0n) is 13.8. The highest BCUT2D eigenvalue weighted by atomic mass is 35.5. The Balaban J connectivity index is 1.92. The summed E-state index contributed by atoms with van der Waals surface area (Å²) in [5, 5.41) is 3.20. The Kier molecular flexibility index (Phi) is 5.82. The molecule has 0 aliphatic heterocycles. The van der Waals surface area contributed by atoms with Crippen molar-refractivity contribution in [3.63, 3.8) is 0 Å². The molecule has 0 heterocycles. The Morgan fingerprint density at radius 3 is 2.58 bits per heavy atom. The molecule has 0 radical (unpaired) electrons. The average Bonchev–Trinajstić information content (AvgIpc) is 2.56. The van der Waals surface area contributed by atoms with Crippen LogP contribution >= 0.6 is 11.6 Å². The van der Waals surface area contributed by atoms with Gasteiger partial charge < -0.3 is 15.0 Å². The van der Waals surface area contributed by atoms with Crippen molar-refractivity contribution in [2.75, 3.05) is 30.9 Å². The van der Waals surface area contributed by atoms with Crippen LogP contribution in [0.2, 0.25) is 5.02 Å². The van der Waals surface area contributed by atoms with Crippen LogP contribution in [0.3, 0.4) is 0 Å². The molecule has 0 saturated carbocycles. The molecule has 1 amide bonds. The zero-order valence-corrected chi connectivity index (χ0v) is 14.6. The van der Waals surface area contributed by atoms with Crippen LogP contribution in [0.1, 0.15) is 15.9 Å². The van der Waals surface area contributed by atoms with E-state index in [4.69, 9.17) is 16.3 Å². The minimum Gasteiger partial charge on any atom is -0.452 e. The predicted molar refractivity (Wildman–Crippen MR) is 95.9 cm³/mol. The van der Waals surface area contributed by atoms with Gasteiger partial charge in [0.1, 0.15) is 0 Å². The number of esters is 1. The molecule has 2 aromatic rings. The number of anilines is 2. The summed E-state index contributed by atoms with van der Waals surface area (Å²) in [6, 6.07) is 12.2. The van der Waals surface area contributed by atoms with Crippen molar-refractivity contribution in [2.24, 2.45) is 0 Å². The number of carbonyl (C=O) groups excluding carboxylic acids is 2. The number of halogens is 1. The third-order valence-electron chi connectivity index (χ3n) is 3.39. The van der Waals surface area contributed by atoms with Gasteiger partial charge in [0.05, 0.1) is 5.56 Å². The van der Waals surface area contributed by atoms with E-state index in [9.17, 15) is 9.59 Å². The molecular formula is C18H19ClN2O3. The van der Waals surface area contributed by atoms with Crippen LogP contribution in [0.4, 0.5) is 11.4 Å². The number of aryl methyl sites for hydroxylation is 1. The first kappa shape index (κ1) is 17.8. The fourth-order valence-corrected chi connectivity index (χ4v) is 2.17. The summed E-state index contributed by atoms with van der Waals surface area (Å²) >= 11 is 6.00. The van der Waals surface area contributed by atoms with Crippen LogP contribution < -0.4 is 10.2 Å². The summed E-state index contributed by atoms with van der Waals surface area (Å²) in [5.74, 6) is -0.970. The van der Waals surface area contributed by atoms with Crippen molar-refractivity contribution >= 4 is 34.9 Å². The second kappa shape index (κ2) is 7.84. The standard InChI is InChI=1S/C18H19ClN2O3/c1-12-7-8-14(10-16(12)19)20-17(22)11-24-18(23)13-5-4-6-15(9-13)21(2)3/h4-10H,11H2,1-3H3,(H,20,22). The van der Waals surface area contributed by atoms with E-state index in [0.29, 0.717) is 16.3 Å². The summed E-state index contributed by atoms with van der Waals surface area (Å²) in [4.78, 5) is 25.8. The Morgan fingerprint density at radius 2 is 1.92 bits per heavy atom. The molecule has 0 fully saturated rings.